The molecule has 2 aromatic rings. The highest BCUT2D eigenvalue weighted by molar-refractivity contribution is 5.76. The number of hydrogen-bond donors (Lipinski definition) is 1. The number of amides is 1. The number of ether oxygens (including phenoxy) is 1. The second-order valence-electron chi connectivity index (χ2n) is 7.08. The van der Waals surface area contributed by atoms with E-state index in [9.17, 15) is 4.79 Å². The molecule has 1 atom stereocenters. The molecule has 1 aromatic carbocycles. The molecule has 6 nitrogen and oxygen atoms in total. The van der Waals surface area contributed by atoms with Crippen molar-refractivity contribution in [3.05, 3.63) is 41.5 Å². The first kappa shape index (κ1) is 16.5. The van der Waals surface area contributed by atoms with Gasteiger partial charge in [0.15, 0.2) is 5.82 Å². The number of carbonyl (C=O) groups is 1. The molecule has 1 N–H and O–H groups in total. The highest BCUT2D eigenvalue weighted by atomic mass is 16.5. The summed E-state index contributed by atoms with van der Waals surface area (Å²) in [5, 5.41) is 7.01. The number of fused-ring (bicyclic) bond motifs is 1. The molecule has 128 valence electrons. The average molecular weight is 329 g/mol. The molecule has 1 amide bonds. The third-order valence-electron chi connectivity index (χ3n) is 3.97. The van der Waals surface area contributed by atoms with Gasteiger partial charge in [0.2, 0.25) is 11.8 Å². The second kappa shape index (κ2) is 6.63. The van der Waals surface area contributed by atoms with Crippen molar-refractivity contribution in [3.8, 4) is 5.75 Å². The Bertz CT molecular complexity index is 718. The van der Waals surface area contributed by atoms with Gasteiger partial charge < -0.3 is 14.6 Å². The molecule has 1 aliphatic rings. The monoisotopic (exact) mass is 329 g/mol. The zero-order valence-corrected chi connectivity index (χ0v) is 14.3. The first-order chi connectivity index (χ1) is 11.4. The minimum atomic E-state index is -0.130. The third kappa shape index (κ3) is 3.75. The lowest BCUT2D eigenvalue weighted by Crippen LogP contribution is -2.29. The molecular weight excluding hydrogens is 306 g/mol. The number of nitrogens with one attached hydrogen (secondary N) is 1. The van der Waals surface area contributed by atoms with Gasteiger partial charge in [0.1, 0.15) is 12.4 Å². The Balaban J connectivity index is 1.46. The smallest absolute Gasteiger partial charge is 0.226 e. The fraction of sp³-hybridized carbons (Fsp3) is 0.500. The first-order valence-corrected chi connectivity index (χ1v) is 8.27. The maximum Gasteiger partial charge on any atom is 0.226 e. The molecule has 0 saturated carbocycles. The van der Waals surface area contributed by atoms with E-state index in [1.54, 1.807) is 0 Å². The molecule has 0 radical (unpaired) electrons. The summed E-state index contributed by atoms with van der Waals surface area (Å²) in [5.41, 5.74) is 0.909. The quantitative estimate of drug-likeness (QED) is 0.912. The standard InChI is InChI=1S/C18H23N3O3/c1-18(2,3)17-20-16(24-21-17)10-6-9-15(22)19-13-11-23-14-8-5-4-7-12(13)14/h4-5,7-8,13H,6,9-11H2,1-3H3,(H,19,22). The second-order valence-corrected chi connectivity index (χ2v) is 7.08. The summed E-state index contributed by atoms with van der Waals surface area (Å²) in [6.45, 7) is 6.60. The zero-order chi connectivity index (χ0) is 17.2. The van der Waals surface area contributed by atoms with Crippen molar-refractivity contribution in [2.75, 3.05) is 6.61 Å². The van der Waals surface area contributed by atoms with Crippen molar-refractivity contribution in [2.45, 2.75) is 51.5 Å². The SMILES string of the molecule is CC(C)(C)c1noc(CCCC(=O)NC2COc3ccccc32)n1. The number of rotatable bonds is 5. The first-order valence-electron chi connectivity index (χ1n) is 8.27. The molecule has 0 bridgehead atoms. The summed E-state index contributed by atoms with van der Waals surface area (Å²) in [6.07, 6.45) is 1.70. The van der Waals surface area contributed by atoms with Crippen LogP contribution in [-0.4, -0.2) is 22.7 Å². The highest BCUT2D eigenvalue weighted by Gasteiger charge is 2.25. The molecular formula is C18H23N3O3. The van der Waals surface area contributed by atoms with Gasteiger partial charge in [0.25, 0.3) is 0 Å². The summed E-state index contributed by atoms with van der Waals surface area (Å²) in [4.78, 5) is 16.5. The van der Waals surface area contributed by atoms with Crippen LogP contribution in [0.15, 0.2) is 28.8 Å². The van der Waals surface area contributed by atoms with Crippen LogP contribution in [0.4, 0.5) is 0 Å². The van der Waals surface area contributed by atoms with Gasteiger partial charge >= 0.3 is 0 Å². The van der Waals surface area contributed by atoms with Gasteiger partial charge in [-0.3, -0.25) is 4.79 Å². The lowest BCUT2D eigenvalue weighted by molar-refractivity contribution is -0.122. The van der Waals surface area contributed by atoms with Crippen molar-refractivity contribution in [1.82, 2.24) is 15.5 Å². The Kier molecular flexibility index (Phi) is 4.55. The summed E-state index contributed by atoms with van der Waals surface area (Å²) in [7, 11) is 0. The lowest BCUT2D eigenvalue weighted by atomic mass is 9.96. The van der Waals surface area contributed by atoms with E-state index in [1.165, 1.54) is 0 Å². The number of hydrogen-bond acceptors (Lipinski definition) is 5. The topological polar surface area (TPSA) is 77.2 Å². The predicted octanol–water partition coefficient (Wildman–Crippen LogP) is 2.94. The lowest BCUT2D eigenvalue weighted by Gasteiger charge is -2.11. The van der Waals surface area contributed by atoms with Gasteiger partial charge in [-0.2, -0.15) is 4.98 Å². The van der Waals surface area contributed by atoms with E-state index < -0.39 is 0 Å². The van der Waals surface area contributed by atoms with Gasteiger partial charge in [-0.25, -0.2) is 0 Å². The molecule has 0 spiro atoms. The molecule has 1 aromatic heterocycles. The van der Waals surface area contributed by atoms with E-state index in [0.717, 1.165) is 11.3 Å². The summed E-state index contributed by atoms with van der Waals surface area (Å²) in [6, 6.07) is 7.72. The van der Waals surface area contributed by atoms with Crippen LogP contribution >= 0.6 is 0 Å². The maximum absolute atomic E-state index is 12.1. The van der Waals surface area contributed by atoms with Crippen LogP contribution < -0.4 is 10.1 Å². The van der Waals surface area contributed by atoms with Gasteiger partial charge in [-0.05, 0) is 12.5 Å². The van der Waals surface area contributed by atoms with Crippen LogP contribution in [0.25, 0.3) is 0 Å². The van der Waals surface area contributed by atoms with E-state index in [1.807, 2.05) is 45.0 Å². The summed E-state index contributed by atoms with van der Waals surface area (Å²) >= 11 is 0. The van der Waals surface area contributed by atoms with Gasteiger partial charge in [-0.15, -0.1) is 0 Å². The van der Waals surface area contributed by atoms with Crippen molar-refractivity contribution < 1.29 is 14.1 Å². The van der Waals surface area contributed by atoms with E-state index in [4.69, 9.17) is 9.26 Å². The van der Waals surface area contributed by atoms with Gasteiger partial charge in [0.05, 0.1) is 6.04 Å². The van der Waals surface area contributed by atoms with E-state index in [0.29, 0.717) is 37.6 Å². The molecule has 0 fully saturated rings. The zero-order valence-electron chi connectivity index (χ0n) is 14.3. The molecule has 1 aliphatic heterocycles. The summed E-state index contributed by atoms with van der Waals surface area (Å²) in [5.74, 6) is 2.14. The van der Waals surface area contributed by atoms with Gasteiger partial charge in [-0.1, -0.05) is 44.1 Å². The van der Waals surface area contributed by atoms with Crippen LogP contribution in [0, 0.1) is 0 Å². The van der Waals surface area contributed by atoms with E-state index >= 15 is 0 Å². The van der Waals surface area contributed by atoms with Crippen molar-refractivity contribution in [3.63, 3.8) is 0 Å². The Morgan fingerprint density at radius 2 is 2.12 bits per heavy atom. The van der Waals surface area contributed by atoms with Crippen LogP contribution in [0.3, 0.4) is 0 Å². The number of nitrogens with zero attached hydrogens (tertiary/aromatic N) is 2. The Labute approximate surface area is 141 Å². The number of aromatic nitrogens is 2. The number of carbonyl (C=O) groups excluding carboxylic acids is 1. The fourth-order valence-corrected chi connectivity index (χ4v) is 2.61. The average Bonchev–Trinajstić information content (AvgIpc) is 3.15. The normalized spacial score (nSPS) is 16.5. The molecule has 0 aliphatic carbocycles. The molecule has 3 rings (SSSR count). The van der Waals surface area contributed by atoms with E-state index in [2.05, 4.69) is 15.5 Å². The van der Waals surface area contributed by atoms with Crippen molar-refractivity contribution in [1.29, 1.82) is 0 Å². The fourth-order valence-electron chi connectivity index (χ4n) is 2.61. The summed E-state index contributed by atoms with van der Waals surface area (Å²) < 4.78 is 10.8. The third-order valence-corrected chi connectivity index (χ3v) is 3.97. The highest BCUT2D eigenvalue weighted by Crippen LogP contribution is 2.31. The minimum Gasteiger partial charge on any atom is -0.491 e. The van der Waals surface area contributed by atoms with Gasteiger partial charge in [0, 0.05) is 23.8 Å². The van der Waals surface area contributed by atoms with Crippen LogP contribution in [0.2, 0.25) is 0 Å². The number of benzene rings is 1. The molecule has 6 heteroatoms. The van der Waals surface area contributed by atoms with Crippen LogP contribution in [0.1, 0.15) is 56.9 Å². The molecule has 2 heterocycles. The van der Waals surface area contributed by atoms with Crippen LogP contribution in [0.5, 0.6) is 5.75 Å². The van der Waals surface area contributed by atoms with E-state index in [-0.39, 0.29) is 17.4 Å². The number of aryl methyl sites for hydroxylation is 1. The van der Waals surface area contributed by atoms with Crippen molar-refractivity contribution >= 4 is 5.91 Å². The largest absolute Gasteiger partial charge is 0.491 e. The number of para-hydroxylation sites is 1. The maximum atomic E-state index is 12.1. The predicted molar refractivity (Wildman–Crippen MR) is 88.8 cm³/mol. The Hall–Kier alpha value is -2.37. The molecule has 0 saturated heterocycles. The Morgan fingerprint density at radius 1 is 1.33 bits per heavy atom. The molecule has 24 heavy (non-hydrogen) atoms. The van der Waals surface area contributed by atoms with Crippen LogP contribution in [-0.2, 0) is 16.6 Å². The van der Waals surface area contributed by atoms with Crippen molar-refractivity contribution in [2.24, 2.45) is 0 Å². The minimum absolute atomic E-state index is 0.0101. The molecule has 1 unspecified atom stereocenters. The Morgan fingerprint density at radius 3 is 2.88 bits per heavy atom.